The van der Waals surface area contributed by atoms with Crippen molar-refractivity contribution in [1.82, 2.24) is 29.3 Å². The van der Waals surface area contributed by atoms with Crippen LogP contribution in [0.4, 0.5) is 19.0 Å². The maximum Gasteiger partial charge on any atom is 0.416 e. The van der Waals surface area contributed by atoms with Crippen LogP contribution >= 0.6 is 0 Å². The van der Waals surface area contributed by atoms with E-state index in [1.54, 1.807) is 32.7 Å². The van der Waals surface area contributed by atoms with Gasteiger partial charge >= 0.3 is 6.18 Å². The fraction of sp³-hybridized carbons (Fsp3) is 0.219. The molecule has 0 N–H and O–H groups in total. The van der Waals surface area contributed by atoms with Gasteiger partial charge in [-0.2, -0.15) is 28.6 Å². The Kier molecular flexibility index (Phi) is 7.38. The van der Waals surface area contributed by atoms with Crippen molar-refractivity contribution in [2.75, 3.05) is 31.1 Å². The molecule has 1 aliphatic rings. The van der Waals surface area contributed by atoms with E-state index in [1.165, 1.54) is 12.1 Å². The summed E-state index contributed by atoms with van der Waals surface area (Å²) in [4.78, 5) is 21.4. The highest BCUT2D eigenvalue weighted by atomic mass is 19.4. The van der Waals surface area contributed by atoms with Crippen molar-refractivity contribution in [3.05, 3.63) is 96.7 Å². The molecule has 1 aromatic carbocycles. The van der Waals surface area contributed by atoms with Gasteiger partial charge in [0, 0.05) is 74.1 Å². The minimum Gasteiger partial charge on any atom is -0.353 e. The van der Waals surface area contributed by atoms with Gasteiger partial charge < -0.3 is 9.80 Å². The minimum atomic E-state index is -4.46. The lowest BCUT2D eigenvalue weighted by molar-refractivity contribution is -0.137. The molecule has 1 amide bonds. The van der Waals surface area contributed by atoms with Gasteiger partial charge in [0.1, 0.15) is 11.9 Å². The molecule has 5 aromatic rings. The quantitative estimate of drug-likeness (QED) is 0.259. The number of carbonyl (C=O) groups excluding carboxylic acids is 1. The molecule has 1 saturated heterocycles. The van der Waals surface area contributed by atoms with E-state index < -0.39 is 11.7 Å². The third-order valence-electron chi connectivity index (χ3n) is 7.75. The van der Waals surface area contributed by atoms with Crippen molar-refractivity contribution >= 4 is 22.8 Å². The summed E-state index contributed by atoms with van der Waals surface area (Å²) in [5, 5.41) is 18.3. The fourth-order valence-electron chi connectivity index (χ4n) is 5.38. The van der Waals surface area contributed by atoms with Gasteiger partial charge in [0.2, 0.25) is 5.91 Å². The number of hydrogen-bond donors (Lipinski definition) is 0. The summed E-state index contributed by atoms with van der Waals surface area (Å²) < 4.78 is 42.7. The number of aromatic nitrogens is 5. The standard InChI is InChI=1S/C32H27F3N8O/c1-21(22-4-3-5-27(13-22)32(33,34)35)12-30(44)42-10-8-41(9-11-42)29-7-6-23(16-37-29)28-14-24(26-18-38-40(2)19-26)20-43-31(28)25(15-36)17-39-43/h3-7,13-14,16-20H,1,8-12H2,2H3. The summed E-state index contributed by atoms with van der Waals surface area (Å²) in [5.74, 6) is 0.574. The summed E-state index contributed by atoms with van der Waals surface area (Å²) in [6, 6.07) is 13.0. The summed E-state index contributed by atoms with van der Waals surface area (Å²) in [7, 11) is 1.85. The topological polar surface area (TPSA) is 95.4 Å². The van der Waals surface area contributed by atoms with Crippen LogP contribution in [-0.4, -0.2) is 61.4 Å². The normalized spacial score (nSPS) is 13.7. The zero-order valence-electron chi connectivity index (χ0n) is 23.8. The first kappa shape index (κ1) is 28.7. The summed E-state index contributed by atoms with van der Waals surface area (Å²) in [6.07, 6.45) is 4.34. The van der Waals surface area contributed by atoms with Crippen molar-refractivity contribution in [3.63, 3.8) is 0 Å². The molecule has 0 radical (unpaired) electrons. The Morgan fingerprint density at radius 2 is 1.77 bits per heavy atom. The van der Waals surface area contributed by atoms with E-state index in [-0.39, 0.29) is 12.3 Å². The Balaban J connectivity index is 1.14. The first-order valence-corrected chi connectivity index (χ1v) is 13.9. The average Bonchev–Trinajstić information content (AvgIpc) is 3.66. The number of rotatable bonds is 6. The Hall–Kier alpha value is -5.44. The number of nitrogens with zero attached hydrogens (tertiary/aromatic N) is 8. The van der Waals surface area contributed by atoms with Gasteiger partial charge in [-0.3, -0.25) is 9.48 Å². The zero-order valence-corrected chi connectivity index (χ0v) is 23.8. The molecule has 9 nitrogen and oxygen atoms in total. The molecule has 0 atom stereocenters. The number of nitriles is 1. The Bertz CT molecular complexity index is 1910. The monoisotopic (exact) mass is 596 g/mol. The minimum absolute atomic E-state index is 0.0554. The van der Waals surface area contributed by atoms with Gasteiger partial charge in [0.25, 0.3) is 0 Å². The Morgan fingerprint density at radius 3 is 2.43 bits per heavy atom. The van der Waals surface area contributed by atoms with E-state index in [0.717, 1.165) is 40.2 Å². The molecule has 5 heterocycles. The van der Waals surface area contributed by atoms with Gasteiger partial charge in [-0.25, -0.2) is 9.50 Å². The molecule has 222 valence electrons. The third kappa shape index (κ3) is 5.64. The molecule has 0 aliphatic carbocycles. The van der Waals surface area contributed by atoms with Crippen LogP contribution in [0.2, 0.25) is 0 Å². The maximum absolute atomic E-state index is 13.1. The van der Waals surface area contributed by atoms with E-state index in [0.29, 0.717) is 48.4 Å². The number of pyridine rings is 2. The highest BCUT2D eigenvalue weighted by molar-refractivity contribution is 5.89. The van der Waals surface area contributed by atoms with Crippen molar-refractivity contribution in [3.8, 4) is 28.3 Å². The lowest BCUT2D eigenvalue weighted by Crippen LogP contribution is -2.49. The molecule has 1 aliphatic heterocycles. The van der Waals surface area contributed by atoms with Crippen LogP contribution in [0.1, 0.15) is 23.1 Å². The SMILES string of the molecule is C=C(CC(=O)N1CCN(c2ccc(-c3cc(-c4cnn(C)c4)cn4ncc(C#N)c34)cn2)CC1)c1cccc(C(F)(F)F)c1. The predicted molar refractivity (Wildman–Crippen MR) is 159 cm³/mol. The molecular weight excluding hydrogens is 569 g/mol. The van der Waals surface area contributed by atoms with Gasteiger partial charge in [-0.1, -0.05) is 18.7 Å². The van der Waals surface area contributed by atoms with E-state index in [4.69, 9.17) is 4.98 Å². The van der Waals surface area contributed by atoms with Gasteiger partial charge in [-0.15, -0.1) is 0 Å². The molecule has 0 bridgehead atoms. The summed E-state index contributed by atoms with van der Waals surface area (Å²) >= 11 is 0. The number of fused-ring (bicyclic) bond motifs is 1. The van der Waals surface area contributed by atoms with E-state index in [1.807, 2.05) is 37.6 Å². The molecule has 0 spiro atoms. The molecule has 6 rings (SSSR count). The molecular formula is C32H27F3N8O. The second-order valence-corrected chi connectivity index (χ2v) is 10.6. The van der Waals surface area contributed by atoms with Crippen LogP contribution in [0, 0.1) is 11.3 Å². The van der Waals surface area contributed by atoms with Crippen molar-refractivity contribution in [2.24, 2.45) is 7.05 Å². The summed E-state index contributed by atoms with van der Waals surface area (Å²) in [6.45, 7) is 5.87. The number of piperazine rings is 1. The largest absolute Gasteiger partial charge is 0.416 e. The van der Waals surface area contributed by atoms with Crippen LogP contribution in [0.25, 0.3) is 33.3 Å². The van der Waals surface area contributed by atoms with Crippen LogP contribution in [0.5, 0.6) is 0 Å². The van der Waals surface area contributed by atoms with Gasteiger partial charge in [-0.05, 0) is 41.5 Å². The first-order chi connectivity index (χ1) is 21.1. The van der Waals surface area contributed by atoms with E-state index >= 15 is 0 Å². The zero-order chi connectivity index (χ0) is 31.0. The van der Waals surface area contributed by atoms with Crippen LogP contribution in [0.3, 0.4) is 0 Å². The fourth-order valence-corrected chi connectivity index (χ4v) is 5.38. The number of hydrogen-bond acceptors (Lipinski definition) is 6. The lowest BCUT2D eigenvalue weighted by Gasteiger charge is -2.35. The second kappa shape index (κ2) is 11.3. The van der Waals surface area contributed by atoms with E-state index in [9.17, 15) is 23.2 Å². The number of aryl methyl sites for hydroxylation is 1. The second-order valence-electron chi connectivity index (χ2n) is 10.6. The van der Waals surface area contributed by atoms with Gasteiger partial charge in [0.05, 0.1) is 35.5 Å². The van der Waals surface area contributed by atoms with Crippen LogP contribution in [-0.2, 0) is 18.0 Å². The predicted octanol–water partition coefficient (Wildman–Crippen LogP) is 5.44. The number of benzene rings is 1. The molecule has 0 unspecified atom stereocenters. The van der Waals surface area contributed by atoms with Gasteiger partial charge in [0.15, 0.2) is 0 Å². The number of anilines is 1. The van der Waals surface area contributed by atoms with Crippen LogP contribution < -0.4 is 4.90 Å². The number of amides is 1. The Morgan fingerprint density at radius 1 is 0.977 bits per heavy atom. The summed E-state index contributed by atoms with van der Waals surface area (Å²) in [5.41, 5.74) is 4.48. The maximum atomic E-state index is 13.1. The number of carbonyl (C=O) groups is 1. The average molecular weight is 597 g/mol. The van der Waals surface area contributed by atoms with Crippen LogP contribution in [0.15, 0.2) is 80.0 Å². The molecule has 12 heteroatoms. The highest BCUT2D eigenvalue weighted by Gasteiger charge is 2.31. The van der Waals surface area contributed by atoms with Crippen molar-refractivity contribution in [2.45, 2.75) is 12.6 Å². The van der Waals surface area contributed by atoms with Crippen molar-refractivity contribution < 1.29 is 18.0 Å². The number of alkyl halides is 3. The van der Waals surface area contributed by atoms with E-state index in [2.05, 4.69) is 27.7 Å². The van der Waals surface area contributed by atoms with Crippen molar-refractivity contribution in [1.29, 1.82) is 5.26 Å². The number of halogens is 3. The lowest BCUT2D eigenvalue weighted by atomic mass is 10.0. The third-order valence-corrected chi connectivity index (χ3v) is 7.75. The first-order valence-electron chi connectivity index (χ1n) is 13.9. The Labute approximate surface area is 251 Å². The highest BCUT2D eigenvalue weighted by Crippen LogP contribution is 2.33. The smallest absolute Gasteiger partial charge is 0.353 e. The molecule has 4 aromatic heterocycles. The molecule has 1 fully saturated rings. The molecule has 0 saturated carbocycles. The molecule has 44 heavy (non-hydrogen) atoms.